The van der Waals surface area contributed by atoms with E-state index < -0.39 is 21.5 Å². The lowest BCUT2D eigenvalue weighted by atomic mass is 10.1. The number of amides is 1. The molecule has 0 saturated heterocycles. The van der Waals surface area contributed by atoms with Gasteiger partial charge in [0.1, 0.15) is 4.21 Å². The van der Waals surface area contributed by atoms with E-state index in [1.807, 2.05) is 0 Å². The normalized spacial score (nSPS) is 11.8. The van der Waals surface area contributed by atoms with Gasteiger partial charge in [-0.1, -0.05) is 11.6 Å². The van der Waals surface area contributed by atoms with Crippen molar-refractivity contribution in [1.29, 1.82) is 0 Å². The molecule has 0 aliphatic rings. The Balaban J connectivity index is 0.00000361. The van der Waals surface area contributed by atoms with Crippen molar-refractivity contribution in [3.05, 3.63) is 16.5 Å². The van der Waals surface area contributed by atoms with Crippen LogP contribution in [0.25, 0.3) is 0 Å². The standard InChI is InChI=1S/C10H16ClN3O3S2.ClH/c1-10(2,12)6-13-8(15)5-14-19(16,17)9-4-3-7(11)18-9;/h3-4,14H,5-6,12H2,1-2H3,(H,13,15);1H. The van der Waals surface area contributed by atoms with Crippen molar-refractivity contribution >= 4 is 51.3 Å². The van der Waals surface area contributed by atoms with Crippen LogP contribution in [-0.4, -0.2) is 33.0 Å². The number of carbonyl (C=O) groups is 1. The molecule has 1 rings (SSSR count). The van der Waals surface area contributed by atoms with Crippen molar-refractivity contribution in [2.24, 2.45) is 5.73 Å². The number of thiophene rings is 1. The maximum atomic E-state index is 11.8. The van der Waals surface area contributed by atoms with Gasteiger partial charge < -0.3 is 11.1 Å². The molecule has 0 saturated carbocycles. The highest BCUT2D eigenvalue weighted by atomic mass is 35.5. The summed E-state index contributed by atoms with van der Waals surface area (Å²) in [4.78, 5) is 11.5. The molecular weight excluding hydrogens is 345 g/mol. The fraction of sp³-hybridized carbons (Fsp3) is 0.500. The fourth-order valence-corrected chi connectivity index (χ4v) is 3.57. The topological polar surface area (TPSA) is 101 Å². The Morgan fingerprint density at radius 1 is 1.45 bits per heavy atom. The van der Waals surface area contributed by atoms with Gasteiger partial charge in [-0.3, -0.25) is 4.79 Å². The summed E-state index contributed by atoms with van der Waals surface area (Å²) >= 11 is 6.59. The summed E-state index contributed by atoms with van der Waals surface area (Å²) in [6.07, 6.45) is 0. The van der Waals surface area contributed by atoms with Crippen LogP contribution in [0.3, 0.4) is 0 Å². The Hall–Kier alpha value is -0.380. The van der Waals surface area contributed by atoms with Crippen molar-refractivity contribution in [2.75, 3.05) is 13.1 Å². The average molecular weight is 362 g/mol. The van der Waals surface area contributed by atoms with Gasteiger partial charge in [0.15, 0.2) is 0 Å². The number of rotatable bonds is 6. The van der Waals surface area contributed by atoms with E-state index in [2.05, 4.69) is 10.0 Å². The number of hydrogen-bond donors (Lipinski definition) is 3. The molecule has 1 heterocycles. The molecular formula is C10H17Cl2N3O3S2. The lowest BCUT2D eigenvalue weighted by Gasteiger charge is -2.18. The van der Waals surface area contributed by atoms with Crippen molar-refractivity contribution in [3.63, 3.8) is 0 Å². The molecule has 0 fully saturated rings. The van der Waals surface area contributed by atoms with Crippen LogP contribution in [0, 0.1) is 0 Å². The number of halogens is 2. The number of carbonyl (C=O) groups excluding carboxylic acids is 1. The van der Waals surface area contributed by atoms with Crippen molar-refractivity contribution in [2.45, 2.75) is 23.6 Å². The van der Waals surface area contributed by atoms with Gasteiger partial charge in [-0.2, -0.15) is 0 Å². The second-order valence-electron chi connectivity index (χ2n) is 4.65. The zero-order chi connectivity index (χ0) is 14.7. The Labute approximate surface area is 133 Å². The molecule has 4 N–H and O–H groups in total. The van der Waals surface area contributed by atoms with E-state index in [-0.39, 0.29) is 29.7 Å². The van der Waals surface area contributed by atoms with Crippen LogP contribution in [0.5, 0.6) is 0 Å². The van der Waals surface area contributed by atoms with Crippen LogP contribution >= 0.6 is 35.3 Å². The quantitative estimate of drug-likeness (QED) is 0.701. The summed E-state index contributed by atoms with van der Waals surface area (Å²) in [7, 11) is -3.70. The van der Waals surface area contributed by atoms with Gasteiger partial charge in [0.2, 0.25) is 5.91 Å². The van der Waals surface area contributed by atoms with Gasteiger partial charge >= 0.3 is 0 Å². The molecule has 0 aromatic carbocycles. The molecule has 0 aliphatic heterocycles. The number of nitrogens with two attached hydrogens (primary N) is 1. The third-order valence-corrected chi connectivity index (χ3v) is 5.10. The Bertz CT molecular complexity index is 552. The lowest BCUT2D eigenvalue weighted by Crippen LogP contribution is -2.47. The summed E-state index contributed by atoms with van der Waals surface area (Å²) in [6.45, 7) is 3.43. The molecule has 1 aromatic heterocycles. The van der Waals surface area contributed by atoms with Crippen LogP contribution in [-0.2, 0) is 14.8 Å². The van der Waals surface area contributed by atoms with Crippen LogP contribution in [0.1, 0.15) is 13.8 Å². The second kappa shape index (κ2) is 7.58. The minimum Gasteiger partial charge on any atom is -0.353 e. The average Bonchev–Trinajstić information content (AvgIpc) is 2.70. The van der Waals surface area contributed by atoms with E-state index >= 15 is 0 Å². The Morgan fingerprint density at radius 3 is 2.50 bits per heavy atom. The first kappa shape index (κ1) is 19.6. The largest absolute Gasteiger partial charge is 0.353 e. The molecule has 0 atom stereocenters. The van der Waals surface area contributed by atoms with Crippen LogP contribution in [0.15, 0.2) is 16.3 Å². The number of nitrogens with one attached hydrogen (secondary N) is 2. The molecule has 0 spiro atoms. The zero-order valence-electron chi connectivity index (χ0n) is 11.0. The summed E-state index contributed by atoms with van der Waals surface area (Å²) < 4.78 is 26.2. The molecule has 0 unspecified atom stereocenters. The van der Waals surface area contributed by atoms with E-state index in [4.69, 9.17) is 17.3 Å². The molecule has 1 aromatic rings. The smallest absolute Gasteiger partial charge is 0.250 e. The third kappa shape index (κ3) is 6.87. The zero-order valence-corrected chi connectivity index (χ0v) is 14.2. The predicted molar refractivity (Wildman–Crippen MR) is 83.0 cm³/mol. The lowest BCUT2D eigenvalue weighted by molar-refractivity contribution is -0.120. The van der Waals surface area contributed by atoms with Crippen molar-refractivity contribution in [1.82, 2.24) is 10.0 Å². The fourth-order valence-electron chi connectivity index (χ4n) is 1.06. The third-order valence-electron chi connectivity index (χ3n) is 1.98. The molecule has 10 heteroatoms. The highest BCUT2D eigenvalue weighted by Gasteiger charge is 2.18. The maximum Gasteiger partial charge on any atom is 0.250 e. The molecule has 116 valence electrons. The van der Waals surface area contributed by atoms with Gasteiger partial charge in [-0.05, 0) is 26.0 Å². The summed E-state index contributed by atoms with van der Waals surface area (Å²) in [5, 5.41) is 2.54. The molecule has 6 nitrogen and oxygen atoms in total. The monoisotopic (exact) mass is 361 g/mol. The minimum absolute atomic E-state index is 0. The number of sulfonamides is 1. The summed E-state index contributed by atoms with van der Waals surface area (Å²) in [5.74, 6) is -0.440. The minimum atomic E-state index is -3.70. The van der Waals surface area contributed by atoms with E-state index in [0.29, 0.717) is 4.34 Å². The molecule has 0 aliphatic carbocycles. The first-order valence-corrected chi connectivity index (χ1v) is 8.08. The van der Waals surface area contributed by atoms with Crippen LogP contribution < -0.4 is 15.8 Å². The molecule has 0 bridgehead atoms. The predicted octanol–water partition coefficient (Wildman–Crippen LogP) is 0.955. The van der Waals surface area contributed by atoms with Gasteiger partial charge in [0, 0.05) is 12.1 Å². The Morgan fingerprint density at radius 2 is 2.05 bits per heavy atom. The van der Waals surface area contributed by atoms with Gasteiger partial charge in [0.25, 0.3) is 10.0 Å². The molecule has 0 radical (unpaired) electrons. The van der Waals surface area contributed by atoms with Gasteiger partial charge in [-0.15, -0.1) is 23.7 Å². The van der Waals surface area contributed by atoms with Crippen LogP contribution in [0.2, 0.25) is 4.34 Å². The summed E-state index contributed by atoms with van der Waals surface area (Å²) in [6, 6.07) is 2.87. The van der Waals surface area contributed by atoms with E-state index in [1.54, 1.807) is 13.8 Å². The van der Waals surface area contributed by atoms with Crippen LogP contribution in [0.4, 0.5) is 0 Å². The van der Waals surface area contributed by atoms with E-state index in [0.717, 1.165) is 11.3 Å². The SMILES string of the molecule is CC(C)(N)CNC(=O)CNS(=O)(=O)c1ccc(Cl)s1.Cl. The van der Waals surface area contributed by atoms with E-state index in [1.165, 1.54) is 12.1 Å². The van der Waals surface area contributed by atoms with Gasteiger partial charge in [0.05, 0.1) is 10.9 Å². The summed E-state index contributed by atoms with van der Waals surface area (Å²) in [5.41, 5.74) is 5.15. The number of hydrogen-bond acceptors (Lipinski definition) is 5. The van der Waals surface area contributed by atoms with Crippen molar-refractivity contribution < 1.29 is 13.2 Å². The first-order valence-electron chi connectivity index (χ1n) is 5.41. The first-order chi connectivity index (χ1) is 8.60. The van der Waals surface area contributed by atoms with Crippen molar-refractivity contribution in [3.8, 4) is 0 Å². The van der Waals surface area contributed by atoms with E-state index in [9.17, 15) is 13.2 Å². The highest BCUT2D eigenvalue weighted by Crippen LogP contribution is 2.25. The van der Waals surface area contributed by atoms with Gasteiger partial charge in [-0.25, -0.2) is 13.1 Å². The second-order valence-corrected chi connectivity index (χ2v) is 8.36. The maximum absolute atomic E-state index is 11.8. The highest BCUT2D eigenvalue weighted by molar-refractivity contribution is 7.91. The molecule has 20 heavy (non-hydrogen) atoms. The Kier molecular flexibility index (Phi) is 7.43. The molecule has 1 amide bonds.